The zero-order chi connectivity index (χ0) is 14.0. The van der Waals surface area contributed by atoms with Crippen LogP contribution in [0.5, 0.6) is 0 Å². The van der Waals surface area contributed by atoms with E-state index in [0.717, 1.165) is 28.8 Å². The molecule has 0 unspecified atom stereocenters. The third-order valence-electron chi connectivity index (χ3n) is 2.66. The van der Waals surface area contributed by atoms with Gasteiger partial charge in [0, 0.05) is 6.54 Å². The molecule has 0 radical (unpaired) electrons. The summed E-state index contributed by atoms with van der Waals surface area (Å²) in [4.78, 5) is 8.57. The van der Waals surface area contributed by atoms with Crippen LogP contribution in [0.4, 0.5) is 5.95 Å². The van der Waals surface area contributed by atoms with Crippen molar-refractivity contribution in [2.45, 2.75) is 27.2 Å². The second-order valence-electron chi connectivity index (χ2n) is 4.19. The molecule has 2 aromatic heterocycles. The van der Waals surface area contributed by atoms with Crippen LogP contribution in [0.25, 0.3) is 5.82 Å². The molecule has 0 fully saturated rings. The molecule has 0 aliphatic carbocycles. The largest absolute Gasteiger partial charge is 0.354 e. The van der Waals surface area contributed by atoms with E-state index in [1.807, 2.05) is 13.8 Å². The smallest absolute Gasteiger partial charge is 0.224 e. The van der Waals surface area contributed by atoms with Gasteiger partial charge >= 0.3 is 0 Å². The topological polar surface area (TPSA) is 55.6 Å². The molecule has 2 heterocycles. The lowest BCUT2D eigenvalue weighted by molar-refractivity contribution is 0.799. The first-order valence-corrected chi connectivity index (χ1v) is 7.20. The zero-order valence-corrected chi connectivity index (χ0v) is 13.4. The van der Waals surface area contributed by atoms with E-state index in [1.54, 1.807) is 10.9 Å². The molecule has 0 spiro atoms. The Hall–Kier alpha value is -1.14. The fourth-order valence-corrected chi connectivity index (χ4v) is 2.08. The van der Waals surface area contributed by atoms with Crippen molar-refractivity contribution < 1.29 is 0 Å². The first-order valence-electron chi connectivity index (χ1n) is 6.03. The number of hydrogen-bond donors (Lipinski definition) is 1. The Morgan fingerprint density at radius 1 is 1.42 bits per heavy atom. The maximum absolute atomic E-state index is 6.17. The molecular weight excluding hydrogens is 330 g/mol. The second-order valence-corrected chi connectivity index (χ2v) is 5.39. The normalized spacial score (nSPS) is 10.8. The number of anilines is 1. The third-order valence-corrected chi connectivity index (χ3v) is 4.08. The Morgan fingerprint density at radius 2 is 2.16 bits per heavy atom. The average Bonchev–Trinajstić information content (AvgIpc) is 2.65. The van der Waals surface area contributed by atoms with Gasteiger partial charge in [-0.05, 0) is 36.2 Å². The second kappa shape index (κ2) is 5.88. The number of aromatic nitrogens is 4. The number of nitrogens with one attached hydrogen (secondary N) is 1. The summed E-state index contributed by atoms with van der Waals surface area (Å²) >= 11 is 9.67. The quantitative estimate of drug-likeness (QED) is 0.922. The van der Waals surface area contributed by atoms with Crippen LogP contribution in [-0.2, 0) is 0 Å². The Kier molecular flexibility index (Phi) is 4.42. The minimum Gasteiger partial charge on any atom is -0.354 e. The van der Waals surface area contributed by atoms with Crippen LogP contribution in [-0.4, -0.2) is 26.3 Å². The van der Waals surface area contributed by atoms with Crippen molar-refractivity contribution in [2.75, 3.05) is 11.9 Å². The van der Waals surface area contributed by atoms with Crippen LogP contribution < -0.4 is 5.32 Å². The fraction of sp³-hybridized carbons (Fsp3) is 0.417. The van der Waals surface area contributed by atoms with Gasteiger partial charge in [0.25, 0.3) is 0 Å². The molecule has 1 N–H and O–H groups in total. The summed E-state index contributed by atoms with van der Waals surface area (Å²) in [6, 6.07) is 0. The summed E-state index contributed by atoms with van der Waals surface area (Å²) in [5, 5.41) is 8.04. The summed E-state index contributed by atoms with van der Waals surface area (Å²) in [5.41, 5.74) is 1.86. The van der Waals surface area contributed by atoms with Crippen LogP contribution in [0.1, 0.15) is 24.7 Å². The van der Waals surface area contributed by atoms with Crippen LogP contribution in [0.2, 0.25) is 5.02 Å². The lowest BCUT2D eigenvalue weighted by Gasteiger charge is -2.08. The van der Waals surface area contributed by atoms with Crippen molar-refractivity contribution in [3.8, 4) is 5.82 Å². The predicted molar refractivity (Wildman–Crippen MR) is 80.1 cm³/mol. The van der Waals surface area contributed by atoms with E-state index in [-0.39, 0.29) is 0 Å². The van der Waals surface area contributed by atoms with Gasteiger partial charge in [0.1, 0.15) is 5.02 Å². The molecule has 0 bridgehead atoms. The molecule has 5 nitrogen and oxygen atoms in total. The van der Waals surface area contributed by atoms with E-state index in [4.69, 9.17) is 11.6 Å². The van der Waals surface area contributed by atoms with Gasteiger partial charge in [0.2, 0.25) is 5.95 Å². The van der Waals surface area contributed by atoms with Gasteiger partial charge in [-0.3, -0.25) is 0 Å². The van der Waals surface area contributed by atoms with Crippen molar-refractivity contribution in [3.05, 3.63) is 27.1 Å². The molecule has 0 aromatic carbocycles. The lowest BCUT2D eigenvalue weighted by Crippen LogP contribution is -2.09. The highest BCUT2D eigenvalue weighted by atomic mass is 79.9. The van der Waals surface area contributed by atoms with Crippen molar-refractivity contribution in [3.63, 3.8) is 0 Å². The lowest BCUT2D eigenvalue weighted by atomic mass is 10.4. The van der Waals surface area contributed by atoms with Crippen LogP contribution in [0, 0.1) is 13.8 Å². The summed E-state index contributed by atoms with van der Waals surface area (Å²) in [7, 11) is 0. The molecule has 19 heavy (non-hydrogen) atoms. The molecule has 0 atom stereocenters. The number of hydrogen-bond acceptors (Lipinski definition) is 4. The van der Waals surface area contributed by atoms with E-state index >= 15 is 0 Å². The zero-order valence-electron chi connectivity index (χ0n) is 11.0. The molecule has 7 heteroatoms. The number of halogens is 2. The maximum Gasteiger partial charge on any atom is 0.224 e. The maximum atomic E-state index is 6.17. The number of nitrogens with zero attached hydrogens (tertiary/aromatic N) is 4. The number of aryl methyl sites for hydroxylation is 1. The standard InChI is InChI=1S/C12H15BrClN5/c1-4-5-15-12-16-6-9(14)11(17-12)19-8(3)10(13)7(2)18-19/h6H,4-5H2,1-3H3,(H,15,16,17). The van der Waals surface area contributed by atoms with E-state index in [9.17, 15) is 0 Å². The average molecular weight is 345 g/mol. The first kappa shape index (κ1) is 14.3. The molecule has 0 saturated carbocycles. The fourth-order valence-electron chi connectivity index (χ4n) is 1.66. The molecule has 102 valence electrons. The van der Waals surface area contributed by atoms with Crippen molar-refractivity contribution >= 4 is 33.5 Å². The van der Waals surface area contributed by atoms with Crippen LogP contribution in [0.3, 0.4) is 0 Å². The van der Waals surface area contributed by atoms with E-state index < -0.39 is 0 Å². The summed E-state index contributed by atoms with van der Waals surface area (Å²) in [5.74, 6) is 1.14. The van der Waals surface area contributed by atoms with Crippen molar-refractivity contribution in [2.24, 2.45) is 0 Å². The van der Waals surface area contributed by atoms with Crippen molar-refractivity contribution in [1.82, 2.24) is 19.7 Å². The summed E-state index contributed by atoms with van der Waals surface area (Å²) in [6.07, 6.45) is 2.60. The molecule has 0 aliphatic heterocycles. The van der Waals surface area contributed by atoms with Gasteiger partial charge in [-0.1, -0.05) is 18.5 Å². The van der Waals surface area contributed by atoms with Gasteiger partial charge < -0.3 is 5.32 Å². The van der Waals surface area contributed by atoms with Gasteiger partial charge in [0.15, 0.2) is 5.82 Å². The molecule has 0 aliphatic rings. The van der Waals surface area contributed by atoms with Crippen LogP contribution >= 0.6 is 27.5 Å². The predicted octanol–water partition coefficient (Wildman–Crippen LogP) is 3.52. The van der Waals surface area contributed by atoms with Gasteiger partial charge in [-0.15, -0.1) is 0 Å². The van der Waals surface area contributed by atoms with Gasteiger partial charge in [-0.25, -0.2) is 9.67 Å². The Morgan fingerprint density at radius 3 is 2.74 bits per heavy atom. The highest BCUT2D eigenvalue weighted by Crippen LogP contribution is 2.25. The van der Waals surface area contributed by atoms with E-state index in [0.29, 0.717) is 16.8 Å². The van der Waals surface area contributed by atoms with Crippen LogP contribution in [0.15, 0.2) is 10.7 Å². The molecular formula is C12H15BrClN5. The highest BCUT2D eigenvalue weighted by molar-refractivity contribution is 9.10. The Labute approximate surface area is 125 Å². The van der Waals surface area contributed by atoms with Gasteiger partial charge in [-0.2, -0.15) is 10.1 Å². The van der Waals surface area contributed by atoms with Crippen molar-refractivity contribution in [1.29, 1.82) is 0 Å². The third kappa shape index (κ3) is 2.90. The number of rotatable bonds is 4. The van der Waals surface area contributed by atoms with E-state index in [2.05, 4.69) is 43.2 Å². The van der Waals surface area contributed by atoms with Gasteiger partial charge in [0.05, 0.1) is 22.1 Å². The Balaban J connectivity index is 2.45. The summed E-state index contributed by atoms with van der Waals surface area (Å²) < 4.78 is 2.69. The Bertz CT molecular complexity index is 596. The highest BCUT2D eigenvalue weighted by Gasteiger charge is 2.15. The SMILES string of the molecule is CCCNc1ncc(Cl)c(-n2nc(C)c(Br)c2C)n1. The summed E-state index contributed by atoms with van der Waals surface area (Å²) in [6.45, 7) is 6.80. The minimum absolute atomic E-state index is 0.472. The van der Waals surface area contributed by atoms with E-state index in [1.165, 1.54) is 0 Å². The molecule has 2 rings (SSSR count). The first-order chi connectivity index (χ1) is 9.04. The minimum atomic E-state index is 0.472. The molecule has 0 saturated heterocycles. The monoisotopic (exact) mass is 343 g/mol. The molecule has 0 amide bonds. The molecule has 2 aromatic rings.